The summed E-state index contributed by atoms with van der Waals surface area (Å²) in [5, 5.41) is 0.596. The molecule has 0 radical (unpaired) electrons. The zero-order chi connectivity index (χ0) is 23.1. The molecule has 1 nitrogen and oxygen atoms in total. The number of allylic oxidation sites excluding steroid dienone is 4. The molecule has 5 aliphatic carbocycles. The molecule has 0 aromatic heterocycles. The fraction of sp³-hybridized carbons (Fsp3) is 0.633. The van der Waals surface area contributed by atoms with Crippen molar-refractivity contribution in [1.82, 2.24) is 0 Å². The highest BCUT2D eigenvalue weighted by molar-refractivity contribution is 8.04. The monoisotopic (exact) mass is 478 g/mol. The van der Waals surface area contributed by atoms with Crippen LogP contribution in [0.3, 0.4) is 0 Å². The number of thioether (sulfide) groups is 2. The van der Waals surface area contributed by atoms with Gasteiger partial charge in [-0.1, -0.05) is 49.8 Å². The second kappa shape index (κ2) is 7.79. The van der Waals surface area contributed by atoms with Crippen molar-refractivity contribution in [3.63, 3.8) is 0 Å². The predicted molar refractivity (Wildman–Crippen MR) is 143 cm³/mol. The highest BCUT2D eigenvalue weighted by atomic mass is 32.2. The summed E-state index contributed by atoms with van der Waals surface area (Å²) in [6.07, 6.45) is 12.3. The minimum atomic E-state index is 0.270. The van der Waals surface area contributed by atoms with E-state index in [4.69, 9.17) is 0 Å². The number of fused-ring (bicyclic) bond motifs is 7. The maximum absolute atomic E-state index is 13.4. The van der Waals surface area contributed by atoms with Crippen LogP contribution >= 0.6 is 23.5 Å². The standard InChI is InChI=1S/C30H38OS2/c1-17-10-18(2)24(19(3)11-17)15-32-16-30-9-8-22(29(30,4)5)13-26(30)33-25-14-23-20-6-7-21(12-20)27(23)28(25)31/h6-7,10-11,14,20-23,26-27H,8-9,12-13,15-16H2,1-5H3/t20?,21?,22-,23?,26-,27?,30-/m1/s1. The summed E-state index contributed by atoms with van der Waals surface area (Å²) in [6.45, 7) is 11.8. The number of hydrogen-bond acceptors (Lipinski definition) is 3. The lowest BCUT2D eigenvalue weighted by Gasteiger charge is -2.42. The number of ketones is 1. The first kappa shape index (κ1) is 22.5. The van der Waals surface area contributed by atoms with Gasteiger partial charge in [0, 0.05) is 27.6 Å². The maximum atomic E-state index is 13.4. The summed E-state index contributed by atoms with van der Waals surface area (Å²) in [7, 11) is 0. The molecular weight excluding hydrogens is 440 g/mol. The normalized spacial score (nSPS) is 39.5. The largest absolute Gasteiger partial charge is 0.293 e. The minimum absolute atomic E-state index is 0.270. The van der Waals surface area contributed by atoms with Crippen LogP contribution in [-0.4, -0.2) is 16.8 Å². The van der Waals surface area contributed by atoms with Crippen LogP contribution in [0.1, 0.15) is 61.8 Å². The number of rotatable bonds is 6. The smallest absolute Gasteiger partial charge is 0.173 e. The Labute approximate surface area is 208 Å². The Bertz CT molecular complexity index is 1040. The zero-order valence-electron chi connectivity index (χ0n) is 20.8. The van der Waals surface area contributed by atoms with Gasteiger partial charge in [0.15, 0.2) is 5.78 Å². The van der Waals surface area contributed by atoms with Gasteiger partial charge in [0.1, 0.15) is 0 Å². The first-order chi connectivity index (χ1) is 15.7. The quantitative estimate of drug-likeness (QED) is 0.390. The average molecular weight is 479 g/mol. The Morgan fingerprint density at radius 3 is 2.45 bits per heavy atom. The van der Waals surface area contributed by atoms with Crippen molar-refractivity contribution in [2.75, 3.05) is 5.75 Å². The molecular formula is C30H38OS2. The lowest BCUT2D eigenvalue weighted by Crippen LogP contribution is -2.40. The van der Waals surface area contributed by atoms with Crippen LogP contribution in [-0.2, 0) is 10.5 Å². The van der Waals surface area contributed by atoms with Gasteiger partial charge in [0.2, 0.25) is 0 Å². The molecule has 0 spiro atoms. The van der Waals surface area contributed by atoms with Crippen molar-refractivity contribution in [3.8, 4) is 0 Å². The third-order valence-corrected chi connectivity index (χ3v) is 13.2. The molecule has 6 rings (SSSR count). The second-order valence-electron chi connectivity index (χ2n) is 12.3. The van der Waals surface area contributed by atoms with Crippen LogP contribution in [0.15, 0.2) is 35.3 Å². The van der Waals surface area contributed by atoms with Gasteiger partial charge in [-0.15, -0.1) is 11.8 Å². The number of carbonyl (C=O) groups excluding carboxylic acids is 1. The van der Waals surface area contributed by atoms with Crippen LogP contribution in [0.25, 0.3) is 0 Å². The van der Waals surface area contributed by atoms with Gasteiger partial charge < -0.3 is 0 Å². The van der Waals surface area contributed by atoms with Crippen molar-refractivity contribution in [2.45, 2.75) is 71.3 Å². The second-order valence-corrected chi connectivity index (χ2v) is 14.5. The molecule has 0 amide bonds. The molecule has 1 aromatic rings. The van der Waals surface area contributed by atoms with E-state index in [0.29, 0.717) is 39.6 Å². The van der Waals surface area contributed by atoms with Crippen LogP contribution in [0, 0.1) is 61.2 Å². The number of hydrogen-bond donors (Lipinski definition) is 0. The van der Waals surface area contributed by atoms with E-state index in [1.807, 2.05) is 11.8 Å². The molecule has 4 unspecified atom stereocenters. The Morgan fingerprint density at radius 2 is 1.76 bits per heavy atom. The first-order valence-corrected chi connectivity index (χ1v) is 15.0. The first-order valence-electron chi connectivity index (χ1n) is 13.0. The van der Waals surface area contributed by atoms with Gasteiger partial charge in [0.05, 0.1) is 0 Å². The fourth-order valence-electron chi connectivity index (χ4n) is 8.41. The highest BCUT2D eigenvalue weighted by Crippen LogP contribution is 2.70. The summed E-state index contributed by atoms with van der Waals surface area (Å²) in [4.78, 5) is 14.5. The molecule has 176 valence electrons. The Morgan fingerprint density at radius 1 is 1.03 bits per heavy atom. The molecule has 0 aliphatic heterocycles. The lowest BCUT2D eigenvalue weighted by atomic mass is 9.70. The molecule has 0 N–H and O–H groups in total. The van der Waals surface area contributed by atoms with Crippen molar-refractivity contribution in [1.29, 1.82) is 0 Å². The van der Waals surface area contributed by atoms with E-state index >= 15 is 0 Å². The molecule has 0 saturated heterocycles. The molecule has 1 aromatic carbocycles. The molecule has 33 heavy (non-hydrogen) atoms. The lowest BCUT2D eigenvalue weighted by molar-refractivity contribution is -0.119. The summed E-state index contributed by atoms with van der Waals surface area (Å²) in [5.74, 6) is 5.55. The third kappa shape index (κ3) is 3.24. The SMILES string of the molecule is Cc1cc(C)c(CSC[C@]23CC[C@H](C[C@H]2SC2=CC4C5C=CC(C5)C4C2=O)C3(C)C)c(C)c1. The van der Waals surface area contributed by atoms with E-state index in [2.05, 4.69) is 76.7 Å². The van der Waals surface area contributed by atoms with E-state index < -0.39 is 0 Å². The van der Waals surface area contributed by atoms with Crippen molar-refractivity contribution in [3.05, 3.63) is 57.5 Å². The Balaban J connectivity index is 1.20. The van der Waals surface area contributed by atoms with E-state index in [1.54, 1.807) is 0 Å². The van der Waals surface area contributed by atoms with E-state index in [-0.39, 0.29) is 5.92 Å². The number of carbonyl (C=O) groups is 1. The Kier molecular flexibility index (Phi) is 5.32. The van der Waals surface area contributed by atoms with E-state index in [1.165, 1.54) is 53.7 Å². The molecule has 4 bridgehead atoms. The Hall–Kier alpha value is -0.930. The van der Waals surface area contributed by atoms with Gasteiger partial charge in [-0.2, -0.15) is 11.8 Å². The molecule has 5 aliphatic rings. The predicted octanol–water partition coefficient (Wildman–Crippen LogP) is 7.68. The summed E-state index contributed by atoms with van der Waals surface area (Å²) in [6, 6.07) is 4.67. The van der Waals surface area contributed by atoms with Gasteiger partial charge >= 0.3 is 0 Å². The number of aryl methyl sites for hydroxylation is 3. The third-order valence-electron chi connectivity index (χ3n) is 10.5. The van der Waals surface area contributed by atoms with Crippen LogP contribution in [0.2, 0.25) is 0 Å². The molecule has 3 fully saturated rings. The van der Waals surface area contributed by atoms with Crippen molar-refractivity contribution >= 4 is 29.3 Å². The molecule has 3 heteroatoms. The van der Waals surface area contributed by atoms with Gasteiger partial charge in [-0.3, -0.25) is 4.79 Å². The van der Waals surface area contributed by atoms with Crippen molar-refractivity contribution in [2.24, 2.45) is 40.4 Å². The van der Waals surface area contributed by atoms with Gasteiger partial charge in [-0.25, -0.2) is 0 Å². The van der Waals surface area contributed by atoms with Crippen LogP contribution in [0.5, 0.6) is 0 Å². The number of Topliss-reactive ketones (excluding diaryl/α,β-unsaturated/α-hetero) is 1. The van der Waals surface area contributed by atoms with Crippen LogP contribution in [0.4, 0.5) is 0 Å². The summed E-state index contributed by atoms with van der Waals surface area (Å²) in [5.41, 5.74) is 6.49. The average Bonchev–Trinajstić information content (AvgIpc) is 3.52. The van der Waals surface area contributed by atoms with Crippen molar-refractivity contribution < 1.29 is 4.79 Å². The number of benzene rings is 1. The summed E-state index contributed by atoms with van der Waals surface area (Å²) < 4.78 is 0. The molecule has 0 heterocycles. The van der Waals surface area contributed by atoms with E-state index in [0.717, 1.165) is 16.6 Å². The van der Waals surface area contributed by atoms with Gasteiger partial charge in [-0.05, 0) is 97.6 Å². The van der Waals surface area contributed by atoms with Gasteiger partial charge in [0.25, 0.3) is 0 Å². The summed E-state index contributed by atoms with van der Waals surface area (Å²) >= 11 is 4.15. The molecule has 7 atom stereocenters. The molecule has 3 saturated carbocycles. The highest BCUT2D eigenvalue weighted by Gasteiger charge is 2.64. The topological polar surface area (TPSA) is 17.1 Å². The van der Waals surface area contributed by atoms with E-state index in [9.17, 15) is 4.79 Å². The maximum Gasteiger partial charge on any atom is 0.173 e. The van der Waals surface area contributed by atoms with Crippen LogP contribution < -0.4 is 0 Å². The minimum Gasteiger partial charge on any atom is -0.293 e. The fourth-order valence-corrected chi connectivity index (χ4v) is 12.2. The zero-order valence-corrected chi connectivity index (χ0v) is 22.5.